The van der Waals surface area contributed by atoms with Crippen molar-refractivity contribution in [1.82, 2.24) is 0 Å². The number of rotatable bonds is 5. The molecule has 4 atom stereocenters. The van der Waals surface area contributed by atoms with Crippen LogP contribution in [-0.2, 0) is 20.8 Å². The molecule has 0 amide bonds. The SMILES string of the molecule is CC(C)=C[C@H]1CCC[C@@]2([C@@]3(c4ccccc4N=S(=O)(O)c4ccccc4)C=NCC3)C=[N+](C)c3cccc1c32. The second kappa shape index (κ2) is 9.68. The van der Waals surface area contributed by atoms with E-state index in [4.69, 9.17) is 4.99 Å². The summed E-state index contributed by atoms with van der Waals surface area (Å²) in [5.74, 6) is 0.358. The molecular formula is C33H36N3O2S+. The number of benzene rings is 3. The Labute approximate surface area is 232 Å². The van der Waals surface area contributed by atoms with Crippen LogP contribution in [0.15, 0.2) is 98.7 Å². The molecule has 5 nitrogen and oxygen atoms in total. The lowest BCUT2D eigenvalue weighted by Gasteiger charge is -2.42. The van der Waals surface area contributed by atoms with Crippen LogP contribution in [0.25, 0.3) is 0 Å². The molecule has 1 N–H and O–H groups in total. The Morgan fingerprint density at radius 3 is 2.54 bits per heavy atom. The van der Waals surface area contributed by atoms with E-state index in [-0.39, 0.29) is 5.41 Å². The fraction of sp³-hybridized carbons (Fsp3) is 0.333. The van der Waals surface area contributed by atoms with E-state index < -0.39 is 15.4 Å². The van der Waals surface area contributed by atoms with E-state index in [2.05, 4.69) is 72.6 Å². The van der Waals surface area contributed by atoms with Crippen molar-refractivity contribution in [3.8, 4) is 0 Å². The van der Waals surface area contributed by atoms with Crippen LogP contribution in [0, 0.1) is 0 Å². The molecule has 1 unspecified atom stereocenters. The van der Waals surface area contributed by atoms with Crippen molar-refractivity contribution >= 4 is 33.8 Å². The molecule has 0 fully saturated rings. The quantitative estimate of drug-likeness (QED) is 0.269. The van der Waals surface area contributed by atoms with Crippen LogP contribution >= 0.6 is 0 Å². The molecule has 200 valence electrons. The molecule has 0 bridgehead atoms. The minimum absolute atomic E-state index is 0.311. The molecule has 0 saturated heterocycles. The summed E-state index contributed by atoms with van der Waals surface area (Å²) < 4.78 is 31.5. The maximum Gasteiger partial charge on any atom is 0.209 e. The molecule has 1 aliphatic carbocycles. The number of hydrogen-bond acceptors (Lipinski definition) is 3. The van der Waals surface area contributed by atoms with Gasteiger partial charge in [0.2, 0.25) is 5.69 Å². The van der Waals surface area contributed by atoms with Gasteiger partial charge in [-0.15, -0.1) is 0 Å². The Kier molecular flexibility index (Phi) is 6.43. The van der Waals surface area contributed by atoms with Crippen molar-refractivity contribution in [2.75, 3.05) is 13.6 Å². The topological polar surface area (TPSA) is 65.0 Å². The van der Waals surface area contributed by atoms with Crippen LogP contribution in [0.5, 0.6) is 0 Å². The highest BCUT2D eigenvalue weighted by molar-refractivity contribution is 7.88. The van der Waals surface area contributed by atoms with Crippen molar-refractivity contribution in [2.24, 2.45) is 9.36 Å². The fourth-order valence-corrected chi connectivity index (χ4v) is 8.26. The predicted octanol–water partition coefficient (Wildman–Crippen LogP) is 7.56. The highest BCUT2D eigenvalue weighted by atomic mass is 32.2. The molecule has 3 aromatic rings. The highest BCUT2D eigenvalue weighted by Gasteiger charge is 2.61. The summed E-state index contributed by atoms with van der Waals surface area (Å²) in [6.45, 7) is 5.08. The number of nitrogens with zero attached hydrogens (tertiary/aromatic N) is 3. The monoisotopic (exact) mass is 538 g/mol. The van der Waals surface area contributed by atoms with Crippen LogP contribution in [0.2, 0.25) is 0 Å². The third kappa shape index (κ3) is 4.12. The zero-order valence-corrected chi connectivity index (χ0v) is 23.7. The molecule has 0 aromatic heterocycles. The first-order chi connectivity index (χ1) is 18.8. The first kappa shape index (κ1) is 25.9. The largest absolute Gasteiger partial charge is 0.296 e. The van der Waals surface area contributed by atoms with Gasteiger partial charge in [0.05, 0.1) is 21.4 Å². The summed E-state index contributed by atoms with van der Waals surface area (Å²) in [5, 5.41) is 0. The van der Waals surface area contributed by atoms with E-state index in [1.807, 2.05) is 24.3 Å². The molecule has 6 heteroatoms. The van der Waals surface area contributed by atoms with Gasteiger partial charge in [-0.05, 0) is 62.4 Å². The molecule has 3 aliphatic rings. The molecule has 6 rings (SSSR count). The van der Waals surface area contributed by atoms with Crippen molar-refractivity contribution < 1.29 is 13.3 Å². The Hall–Kier alpha value is -3.35. The van der Waals surface area contributed by atoms with Gasteiger partial charge in [0, 0.05) is 30.3 Å². The summed E-state index contributed by atoms with van der Waals surface area (Å²) in [6.07, 6.45) is 10.9. The molecule has 0 radical (unpaired) electrons. The molecule has 39 heavy (non-hydrogen) atoms. The highest BCUT2D eigenvalue weighted by Crippen LogP contribution is 2.59. The smallest absolute Gasteiger partial charge is 0.209 e. The van der Waals surface area contributed by atoms with Gasteiger partial charge in [0.15, 0.2) is 16.2 Å². The van der Waals surface area contributed by atoms with Crippen molar-refractivity contribution in [2.45, 2.75) is 61.2 Å². The van der Waals surface area contributed by atoms with E-state index in [0.717, 1.165) is 37.8 Å². The van der Waals surface area contributed by atoms with Crippen LogP contribution in [0.4, 0.5) is 11.4 Å². The average Bonchev–Trinajstić information content (AvgIpc) is 3.49. The lowest BCUT2D eigenvalue weighted by Crippen LogP contribution is -2.50. The zero-order chi connectivity index (χ0) is 27.3. The van der Waals surface area contributed by atoms with Crippen molar-refractivity contribution in [3.05, 3.63) is 101 Å². The Balaban J connectivity index is 1.62. The van der Waals surface area contributed by atoms with Crippen LogP contribution in [0.3, 0.4) is 0 Å². The minimum atomic E-state index is -3.63. The van der Waals surface area contributed by atoms with E-state index in [9.17, 15) is 8.76 Å². The summed E-state index contributed by atoms with van der Waals surface area (Å²) in [5.41, 5.74) is 6.04. The van der Waals surface area contributed by atoms with Crippen molar-refractivity contribution in [1.29, 1.82) is 0 Å². The summed E-state index contributed by atoms with van der Waals surface area (Å²) in [6, 6.07) is 23.3. The first-order valence-corrected chi connectivity index (χ1v) is 15.3. The number of hydrogen-bond donors (Lipinski definition) is 1. The van der Waals surface area contributed by atoms with Crippen LogP contribution < -0.4 is 0 Å². The Bertz CT molecular complexity index is 1640. The van der Waals surface area contributed by atoms with Crippen molar-refractivity contribution in [3.63, 3.8) is 0 Å². The average molecular weight is 539 g/mol. The van der Waals surface area contributed by atoms with Gasteiger partial charge < -0.3 is 0 Å². The first-order valence-electron chi connectivity index (χ1n) is 13.8. The Morgan fingerprint density at radius 2 is 1.79 bits per heavy atom. The lowest BCUT2D eigenvalue weighted by molar-refractivity contribution is -0.397. The van der Waals surface area contributed by atoms with Crippen LogP contribution in [-0.4, -0.2) is 39.4 Å². The molecule has 2 aliphatic heterocycles. The van der Waals surface area contributed by atoms with Gasteiger partial charge in [-0.2, -0.15) is 4.36 Å². The van der Waals surface area contributed by atoms with Gasteiger partial charge in [0.1, 0.15) is 7.05 Å². The molecular weight excluding hydrogens is 502 g/mol. The summed E-state index contributed by atoms with van der Waals surface area (Å²) in [4.78, 5) is 5.16. The molecule has 2 heterocycles. The number of allylic oxidation sites excluding steroid dienone is 2. The lowest BCUT2D eigenvalue weighted by atomic mass is 9.55. The molecule has 0 saturated carbocycles. The van der Waals surface area contributed by atoms with Crippen LogP contribution in [0.1, 0.15) is 62.1 Å². The van der Waals surface area contributed by atoms with Gasteiger partial charge in [0.25, 0.3) is 0 Å². The predicted molar refractivity (Wildman–Crippen MR) is 160 cm³/mol. The fourth-order valence-electron chi connectivity index (χ4n) is 7.22. The van der Waals surface area contributed by atoms with Gasteiger partial charge in [-0.3, -0.25) is 9.55 Å². The van der Waals surface area contributed by atoms with Gasteiger partial charge in [-0.1, -0.05) is 66.6 Å². The summed E-state index contributed by atoms with van der Waals surface area (Å²) in [7, 11) is -1.49. The summed E-state index contributed by atoms with van der Waals surface area (Å²) >= 11 is 0. The second-order valence-electron chi connectivity index (χ2n) is 11.4. The van der Waals surface area contributed by atoms with Gasteiger partial charge >= 0.3 is 0 Å². The maximum atomic E-state index is 13.5. The zero-order valence-electron chi connectivity index (χ0n) is 22.9. The van der Waals surface area contributed by atoms with E-state index in [1.54, 1.807) is 24.3 Å². The molecule has 3 aromatic carbocycles. The van der Waals surface area contributed by atoms with Gasteiger partial charge in [-0.25, -0.2) is 8.78 Å². The van der Waals surface area contributed by atoms with E-state index in [1.165, 1.54) is 22.4 Å². The molecule has 0 spiro atoms. The third-order valence-electron chi connectivity index (χ3n) is 8.74. The number of aliphatic imine (C=N–C) groups is 1. The second-order valence-corrected chi connectivity index (χ2v) is 13.0. The normalized spacial score (nSPS) is 26.8. The van der Waals surface area contributed by atoms with E-state index >= 15 is 0 Å². The van der Waals surface area contributed by atoms with E-state index in [0.29, 0.717) is 16.5 Å². The standard InChI is InChI=1S/C33H35N3O2S/c1-24(2)21-25-11-10-18-33(23-36(3)30-17-9-14-27(25)31(30)33)32(19-20-34-22-32)28-15-7-8-16-29(28)35-39(37,38)26-12-5-4-6-13-26/h4-9,12-17,21-23,25H,10-11,18-20H2,1-3H3/p+1/t25-,32-,33-/m1/s1. The third-order valence-corrected chi connectivity index (χ3v) is 10.1. The Morgan fingerprint density at radius 1 is 1.03 bits per heavy atom. The minimum Gasteiger partial charge on any atom is -0.296 e. The maximum absolute atomic E-state index is 13.5.